The van der Waals surface area contributed by atoms with Crippen molar-refractivity contribution in [2.24, 2.45) is 0 Å². The van der Waals surface area contributed by atoms with Gasteiger partial charge in [-0.15, -0.1) is 13.2 Å². The van der Waals surface area contributed by atoms with Crippen LogP contribution in [0.15, 0.2) is 54.7 Å². The Balaban J connectivity index is 1.61. The second kappa shape index (κ2) is 8.03. The Morgan fingerprint density at radius 2 is 1.81 bits per heavy atom. The molecule has 1 aromatic heterocycles. The lowest BCUT2D eigenvalue weighted by Crippen LogP contribution is -2.33. The number of para-hydroxylation sites is 1. The van der Waals surface area contributed by atoms with Gasteiger partial charge in [-0.05, 0) is 48.9 Å². The largest absolute Gasteiger partial charge is 0.573 e. The van der Waals surface area contributed by atoms with E-state index >= 15 is 0 Å². The van der Waals surface area contributed by atoms with Crippen LogP contribution in [0.3, 0.4) is 0 Å². The summed E-state index contributed by atoms with van der Waals surface area (Å²) >= 11 is 0. The second-order valence-electron chi connectivity index (χ2n) is 7.22. The van der Waals surface area contributed by atoms with Crippen molar-refractivity contribution < 1.29 is 27.5 Å². The summed E-state index contributed by atoms with van der Waals surface area (Å²) < 4.78 is 41.0. The number of carbonyl (C=O) groups is 2. The molecule has 166 valence electrons. The SMILES string of the molecule is CNc1cccc2c(CN3C(=O)N(c4ccc(OC(F)(F)F)cc4)C(=O)C3C)ccnc12. The number of pyridine rings is 1. The van der Waals surface area contributed by atoms with Crippen molar-refractivity contribution in [3.63, 3.8) is 0 Å². The van der Waals surface area contributed by atoms with Gasteiger partial charge < -0.3 is 15.0 Å². The van der Waals surface area contributed by atoms with Crippen molar-refractivity contribution in [2.45, 2.75) is 25.9 Å². The summed E-state index contributed by atoms with van der Waals surface area (Å²) in [6.45, 7) is 1.79. The fourth-order valence-electron chi connectivity index (χ4n) is 3.70. The molecule has 0 bridgehead atoms. The number of fused-ring (bicyclic) bond motifs is 1. The number of halogens is 3. The summed E-state index contributed by atoms with van der Waals surface area (Å²) in [6.07, 6.45) is -3.19. The highest BCUT2D eigenvalue weighted by Gasteiger charge is 2.43. The van der Waals surface area contributed by atoms with Gasteiger partial charge in [0.25, 0.3) is 5.91 Å². The molecule has 1 aliphatic rings. The van der Waals surface area contributed by atoms with Crippen LogP contribution in [0.1, 0.15) is 12.5 Å². The fourth-order valence-corrected chi connectivity index (χ4v) is 3.70. The predicted molar refractivity (Wildman–Crippen MR) is 112 cm³/mol. The van der Waals surface area contributed by atoms with E-state index in [9.17, 15) is 22.8 Å². The number of urea groups is 1. The maximum atomic E-state index is 13.1. The third kappa shape index (κ3) is 3.91. The van der Waals surface area contributed by atoms with E-state index in [0.717, 1.165) is 39.2 Å². The number of benzene rings is 2. The van der Waals surface area contributed by atoms with Crippen molar-refractivity contribution in [3.8, 4) is 5.75 Å². The number of hydrogen-bond acceptors (Lipinski definition) is 5. The number of anilines is 2. The molecule has 1 fully saturated rings. The van der Waals surface area contributed by atoms with Gasteiger partial charge in [-0.25, -0.2) is 9.69 Å². The average molecular weight is 444 g/mol. The highest BCUT2D eigenvalue weighted by atomic mass is 19.4. The van der Waals surface area contributed by atoms with Gasteiger partial charge in [0.2, 0.25) is 0 Å². The van der Waals surface area contributed by atoms with E-state index in [4.69, 9.17) is 0 Å². The number of aromatic nitrogens is 1. The minimum atomic E-state index is -4.83. The van der Waals surface area contributed by atoms with E-state index in [1.165, 1.54) is 17.0 Å². The summed E-state index contributed by atoms with van der Waals surface area (Å²) in [5, 5.41) is 3.92. The van der Waals surface area contributed by atoms with Gasteiger partial charge in [0.1, 0.15) is 11.8 Å². The molecular weight excluding hydrogens is 425 g/mol. The summed E-state index contributed by atoms with van der Waals surface area (Å²) in [7, 11) is 1.79. The number of rotatable bonds is 5. The van der Waals surface area contributed by atoms with Crippen molar-refractivity contribution in [1.29, 1.82) is 0 Å². The highest BCUT2D eigenvalue weighted by molar-refractivity contribution is 6.21. The highest BCUT2D eigenvalue weighted by Crippen LogP contribution is 2.31. The van der Waals surface area contributed by atoms with Crippen LogP contribution in [-0.4, -0.2) is 41.3 Å². The lowest BCUT2D eigenvalue weighted by Gasteiger charge is -2.20. The summed E-state index contributed by atoms with van der Waals surface area (Å²) in [6, 6.07) is 10.8. The van der Waals surface area contributed by atoms with Crippen LogP contribution in [-0.2, 0) is 11.3 Å². The van der Waals surface area contributed by atoms with Gasteiger partial charge >= 0.3 is 12.4 Å². The standard InChI is InChI=1S/C22H19F3N4O3/c1-13-20(30)29(15-6-8-16(9-7-15)32-22(23,24)25)21(31)28(13)12-14-10-11-27-19-17(14)4-3-5-18(19)26-2/h3-11,13,26H,12H2,1-2H3. The quantitative estimate of drug-likeness (QED) is 0.586. The third-order valence-electron chi connectivity index (χ3n) is 5.28. The zero-order valence-electron chi connectivity index (χ0n) is 17.2. The predicted octanol–water partition coefficient (Wildman–Crippen LogP) is 4.53. The third-order valence-corrected chi connectivity index (χ3v) is 5.28. The van der Waals surface area contributed by atoms with Gasteiger partial charge in [0.05, 0.1) is 16.9 Å². The van der Waals surface area contributed by atoms with E-state index < -0.39 is 30.1 Å². The number of hydrogen-bond donors (Lipinski definition) is 1. The Bertz CT molecular complexity index is 1180. The van der Waals surface area contributed by atoms with Gasteiger partial charge in [-0.3, -0.25) is 9.78 Å². The van der Waals surface area contributed by atoms with Crippen LogP contribution in [0.5, 0.6) is 5.75 Å². The topological polar surface area (TPSA) is 74.8 Å². The molecule has 3 aromatic rings. The maximum absolute atomic E-state index is 13.1. The van der Waals surface area contributed by atoms with Crippen LogP contribution >= 0.6 is 0 Å². The number of nitrogens with one attached hydrogen (secondary N) is 1. The van der Waals surface area contributed by atoms with Crippen LogP contribution in [0.2, 0.25) is 0 Å². The molecule has 1 N–H and O–H groups in total. The van der Waals surface area contributed by atoms with E-state index in [1.54, 1.807) is 26.2 Å². The molecule has 0 spiro atoms. The lowest BCUT2D eigenvalue weighted by molar-refractivity contribution is -0.274. The number of amides is 3. The Kier molecular flexibility index (Phi) is 5.37. The van der Waals surface area contributed by atoms with E-state index in [-0.39, 0.29) is 12.2 Å². The maximum Gasteiger partial charge on any atom is 0.573 e. The summed E-state index contributed by atoms with van der Waals surface area (Å²) in [5.74, 6) is -0.900. The van der Waals surface area contributed by atoms with Crippen LogP contribution < -0.4 is 15.0 Å². The Hall–Kier alpha value is -3.82. The monoisotopic (exact) mass is 444 g/mol. The fraction of sp³-hybridized carbons (Fsp3) is 0.227. The molecule has 32 heavy (non-hydrogen) atoms. The average Bonchev–Trinajstić information content (AvgIpc) is 2.96. The van der Waals surface area contributed by atoms with Gasteiger partial charge in [0, 0.05) is 25.2 Å². The minimum absolute atomic E-state index is 0.168. The molecule has 2 heterocycles. The molecule has 1 saturated heterocycles. The first-order valence-electron chi connectivity index (χ1n) is 9.74. The molecule has 1 atom stereocenters. The van der Waals surface area contributed by atoms with Crippen molar-refractivity contribution in [3.05, 3.63) is 60.3 Å². The second-order valence-corrected chi connectivity index (χ2v) is 7.22. The smallest absolute Gasteiger partial charge is 0.406 e. The number of carbonyl (C=O) groups excluding carboxylic acids is 2. The first-order chi connectivity index (χ1) is 15.2. The molecule has 7 nitrogen and oxygen atoms in total. The molecule has 10 heteroatoms. The zero-order chi connectivity index (χ0) is 23.0. The zero-order valence-corrected chi connectivity index (χ0v) is 17.2. The number of imide groups is 1. The van der Waals surface area contributed by atoms with Crippen molar-refractivity contribution in [2.75, 3.05) is 17.3 Å². The molecule has 2 aromatic carbocycles. The van der Waals surface area contributed by atoms with Crippen molar-refractivity contribution in [1.82, 2.24) is 9.88 Å². The van der Waals surface area contributed by atoms with Crippen LogP contribution in [0, 0.1) is 0 Å². The number of alkyl halides is 3. The van der Waals surface area contributed by atoms with Crippen molar-refractivity contribution >= 4 is 34.2 Å². The van der Waals surface area contributed by atoms with E-state index in [1.807, 2.05) is 18.2 Å². The number of ether oxygens (including phenoxy) is 1. The Labute approximate surface area is 181 Å². The van der Waals surface area contributed by atoms with Crippen LogP contribution in [0.25, 0.3) is 10.9 Å². The van der Waals surface area contributed by atoms with E-state index in [0.29, 0.717) is 0 Å². The van der Waals surface area contributed by atoms with Gasteiger partial charge in [-0.1, -0.05) is 12.1 Å². The Morgan fingerprint density at radius 3 is 2.47 bits per heavy atom. The molecule has 0 aliphatic carbocycles. The van der Waals surface area contributed by atoms with Crippen LogP contribution in [0.4, 0.5) is 29.3 Å². The minimum Gasteiger partial charge on any atom is -0.406 e. The molecule has 0 radical (unpaired) electrons. The van der Waals surface area contributed by atoms with Gasteiger partial charge in [0.15, 0.2) is 0 Å². The molecule has 3 amide bonds. The molecular formula is C22H19F3N4O3. The number of nitrogens with zero attached hydrogens (tertiary/aromatic N) is 3. The molecule has 1 aliphatic heterocycles. The molecule has 0 saturated carbocycles. The Morgan fingerprint density at radius 1 is 1.09 bits per heavy atom. The summed E-state index contributed by atoms with van der Waals surface area (Å²) in [4.78, 5) is 32.7. The summed E-state index contributed by atoms with van der Waals surface area (Å²) in [5.41, 5.74) is 2.57. The lowest BCUT2D eigenvalue weighted by atomic mass is 10.1. The first-order valence-corrected chi connectivity index (χ1v) is 9.74. The normalized spacial score (nSPS) is 16.7. The van der Waals surface area contributed by atoms with E-state index in [2.05, 4.69) is 15.0 Å². The molecule has 4 rings (SSSR count). The molecule has 1 unspecified atom stereocenters. The first kappa shape index (κ1) is 21.4. The van der Waals surface area contributed by atoms with Gasteiger partial charge in [-0.2, -0.15) is 0 Å².